The summed E-state index contributed by atoms with van der Waals surface area (Å²) in [6, 6.07) is 3.12. The highest BCUT2D eigenvalue weighted by Gasteiger charge is 2.28. The number of fused-ring (bicyclic) bond motifs is 1. The number of hydrogen-bond acceptors (Lipinski definition) is 9. The summed E-state index contributed by atoms with van der Waals surface area (Å²) in [5.74, 6) is -1.32. The van der Waals surface area contributed by atoms with Crippen molar-refractivity contribution in [3.8, 4) is 5.75 Å². The number of primary sulfonamides is 1. The number of carbonyl (C=O) groups excluding carboxylic acids is 1. The van der Waals surface area contributed by atoms with E-state index in [4.69, 9.17) is 15.0 Å². The second-order valence-electron chi connectivity index (χ2n) is 7.39. The average Bonchev–Trinajstić information content (AvgIpc) is 3.32. The van der Waals surface area contributed by atoms with Crippen LogP contribution in [-0.4, -0.2) is 51.4 Å². The smallest absolute Gasteiger partial charge is 0.325 e. The Hall–Kier alpha value is -3.10. The molecule has 0 radical (unpaired) electrons. The van der Waals surface area contributed by atoms with Gasteiger partial charge in [0.15, 0.2) is 0 Å². The molecule has 2 heterocycles. The Morgan fingerprint density at radius 2 is 2.03 bits per heavy atom. The van der Waals surface area contributed by atoms with E-state index in [0.717, 1.165) is 11.3 Å². The first-order valence-electron chi connectivity index (χ1n) is 9.45. The Kier molecular flexibility index (Phi) is 6.76. The van der Waals surface area contributed by atoms with Crippen LogP contribution < -0.4 is 15.2 Å². The first-order valence-corrected chi connectivity index (χ1v) is 11.8. The van der Waals surface area contributed by atoms with E-state index in [1.807, 2.05) is 13.8 Å². The molecule has 0 saturated carbocycles. The lowest BCUT2D eigenvalue weighted by molar-refractivity contribution is -0.142. The molecule has 2 aromatic heterocycles. The molecule has 12 nitrogen and oxygen atoms in total. The largest absolute Gasteiger partial charge is 0.487 e. The molecule has 0 aliphatic carbocycles. The SMILES string of the molecule is CC(NC(=O)C(C(C)C)n1cc(COc2ccc3nc(S(N)(=O)=O)sc3c2)nn1)C(=O)O. The summed E-state index contributed by atoms with van der Waals surface area (Å²) >= 11 is 0.939. The fraction of sp³-hybridized carbons (Fsp3) is 0.389. The topological polar surface area (TPSA) is 179 Å². The lowest BCUT2D eigenvalue weighted by Crippen LogP contribution is -2.43. The number of amides is 1. The van der Waals surface area contributed by atoms with Crippen molar-refractivity contribution >= 4 is 43.5 Å². The van der Waals surface area contributed by atoms with Crippen molar-refractivity contribution < 1.29 is 27.9 Å². The van der Waals surface area contributed by atoms with Crippen LogP contribution in [0.4, 0.5) is 0 Å². The number of carboxylic acids is 1. The van der Waals surface area contributed by atoms with Gasteiger partial charge in [0.2, 0.25) is 10.2 Å². The van der Waals surface area contributed by atoms with Crippen LogP contribution in [0.1, 0.15) is 32.5 Å². The Balaban J connectivity index is 1.71. The molecular formula is C18H22N6O6S2. The molecule has 0 bridgehead atoms. The Labute approximate surface area is 187 Å². The van der Waals surface area contributed by atoms with E-state index in [-0.39, 0.29) is 16.9 Å². The predicted octanol–water partition coefficient (Wildman–Crippen LogP) is 0.901. The van der Waals surface area contributed by atoms with Gasteiger partial charge < -0.3 is 15.2 Å². The summed E-state index contributed by atoms with van der Waals surface area (Å²) in [5, 5.41) is 24.6. The minimum atomic E-state index is -3.88. The van der Waals surface area contributed by atoms with Gasteiger partial charge in [-0.15, -0.1) is 16.4 Å². The van der Waals surface area contributed by atoms with Gasteiger partial charge in [-0.3, -0.25) is 9.59 Å². The van der Waals surface area contributed by atoms with Crippen LogP contribution in [0, 0.1) is 5.92 Å². The van der Waals surface area contributed by atoms with Crippen LogP contribution in [0.3, 0.4) is 0 Å². The van der Waals surface area contributed by atoms with Crippen LogP contribution in [0.5, 0.6) is 5.75 Å². The van der Waals surface area contributed by atoms with Gasteiger partial charge in [0, 0.05) is 0 Å². The quantitative estimate of drug-likeness (QED) is 0.399. The van der Waals surface area contributed by atoms with Crippen molar-refractivity contribution in [2.45, 2.75) is 43.8 Å². The van der Waals surface area contributed by atoms with Gasteiger partial charge >= 0.3 is 5.97 Å². The second kappa shape index (κ2) is 9.18. The van der Waals surface area contributed by atoms with Crippen molar-refractivity contribution in [2.24, 2.45) is 11.1 Å². The molecule has 14 heteroatoms. The van der Waals surface area contributed by atoms with E-state index < -0.39 is 34.0 Å². The Morgan fingerprint density at radius 1 is 1.31 bits per heavy atom. The maximum Gasteiger partial charge on any atom is 0.325 e. The molecule has 0 aliphatic heterocycles. The number of carbonyl (C=O) groups is 2. The molecular weight excluding hydrogens is 460 g/mol. The zero-order chi connectivity index (χ0) is 23.6. The number of hydrogen-bond donors (Lipinski definition) is 3. The zero-order valence-electron chi connectivity index (χ0n) is 17.4. The Morgan fingerprint density at radius 3 is 2.66 bits per heavy atom. The van der Waals surface area contributed by atoms with Gasteiger partial charge in [-0.05, 0) is 31.0 Å². The number of nitrogens with one attached hydrogen (secondary N) is 1. The van der Waals surface area contributed by atoms with Gasteiger partial charge in [0.05, 0.1) is 16.4 Å². The summed E-state index contributed by atoms with van der Waals surface area (Å²) in [5.41, 5.74) is 0.933. The van der Waals surface area contributed by atoms with Crippen molar-refractivity contribution in [1.82, 2.24) is 25.3 Å². The standard InChI is InChI=1S/C18H22N6O6S2/c1-9(2)15(16(25)20-10(3)17(26)27)24-7-11(22-23-24)8-30-12-4-5-13-14(6-12)31-18(21-13)32(19,28)29/h4-7,9-10,15H,8H2,1-3H3,(H,20,25)(H,26,27)(H2,19,28,29). The van der Waals surface area contributed by atoms with Gasteiger partial charge in [0.25, 0.3) is 10.0 Å². The number of aliphatic carboxylic acids is 1. The normalized spacial score (nSPS) is 13.8. The van der Waals surface area contributed by atoms with E-state index in [1.54, 1.807) is 24.4 Å². The molecule has 172 valence electrons. The number of benzene rings is 1. The number of rotatable bonds is 9. The molecule has 2 atom stereocenters. The number of ether oxygens (including phenoxy) is 1. The molecule has 4 N–H and O–H groups in total. The summed E-state index contributed by atoms with van der Waals surface area (Å²) in [6.07, 6.45) is 1.56. The number of sulfonamides is 1. The van der Waals surface area contributed by atoms with Crippen molar-refractivity contribution in [3.63, 3.8) is 0 Å². The Bertz CT molecular complexity index is 1250. The highest BCUT2D eigenvalue weighted by atomic mass is 32.2. The maximum absolute atomic E-state index is 12.5. The third-order valence-corrected chi connectivity index (χ3v) is 6.78. The van der Waals surface area contributed by atoms with E-state index in [9.17, 15) is 18.0 Å². The minimum Gasteiger partial charge on any atom is -0.487 e. The number of nitrogens with zero attached hydrogens (tertiary/aromatic N) is 4. The highest BCUT2D eigenvalue weighted by Crippen LogP contribution is 2.28. The predicted molar refractivity (Wildman–Crippen MR) is 114 cm³/mol. The van der Waals surface area contributed by atoms with Crippen LogP contribution in [0.15, 0.2) is 28.7 Å². The van der Waals surface area contributed by atoms with Crippen LogP contribution in [0.25, 0.3) is 10.2 Å². The van der Waals surface area contributed by atoms with E-state index in [0.29, 0.717) is 21.7 Å². The van der Waals surface area contributed by atoms with Crippen molar-refractivity contribution in [3.05, 3.63) is 30.1 Å². The van der Waals surface area contributed by atoms with Crippen molar-refractivity contribution in [1.29, 1.82) is 0 Å². The van der Waals surface area contributed by atoms with Gasteiger partial charge in [-0.1, -0.05) is 19.1 Å². The van der Waals surface area contributed by atoms with E-state index in [1.165, 1.54) is 11.6 Å². The molecule has 0 aliphatic rings. The molecule has 32 heavy (non-hydrogen) atoms. The molecule has 1 amide bonds. The van der Waals surface area contributed by atoms with Crippen LogP contribution >= 0.6 is 11.3 Å². The van der Waals surface area contributed by atoms with Crippen LogP contribution in [-0.2, 0) is 26.2 Å². The third-order valence-electron chi connectivity index (χ3n) is 4.44. The highest BCUT2D eigenvalue weighted by molar-refractivity contribution is 7.91. The molecule has 1 aromatic carbocycles. The summed E-state index contributed by atoms with van der Waals surface area (Å²) in [4.78, 5) is 27.5. The fourth-order valence-corrected chi connectivity index (χ4v) is 4.54. The lowest BCUT2D eigenvalue weighted by atomic mass is 10.0. The summed E-state index contributed by atoms with van der Waals surface area (Å²) in [6.45, 7) is 5.05. The summed E-state index contributed by atoms with van der Waals surface area (Å²) < 4.78 is 30.4. The molecule has 0 spiro atoms. The fourth-order valence-electron chi connectivity index (χ4n) is 2.86. The number of nitrogens with two attached hydrogens (primary N) is 1. The molecule has 3 aromatic rings. The zero-order valence-corrected chi connectivity index (χ0v) is 19.1. The molecule has 0 fully saturated rings. The van der Waals surface area contributed by atoms with Gasteiger partial charge in [-0.2, -0.15) is 0 Å². The molecule has 0 saturated heterocycles. The van der Waals surface area contributed by atoms with E-state index in [2.05, 4.69) is 20.6 Å². The molecule has 2 unspecified atom stereocenters. The first kappa shape index (κ1) is 23.6. The third kappa shape index (κ3) is 5.38. The van der Waals surface area contributed by atoms with Crippen molar-refractivity contribution in [2.75, 3.05) is 0 Å². The number of thiazole rings is 1. The second-order valence-corrected chi connectivity index (χ2v) is 10.2. The first-order chi connectivity index (χ1) is 15.0. The summed E-state index contributed by atoms with van der Waals surface area (Å²) in [7, 11) is -3.88. The van der Waals surface area contributed by atoms with Crippen LogP contribution in [0.2, 0.25) is 0 Å². The maximum atomic E-state index is 12.5. The lowest BCUT2D eigenvalue weighted by Gasteiger charge is -2.21. The molecule has 3 rings (SSSR count). The minimum absolute atomic E-state index is 0.0460. The monoisotopic (exact) mass is 482 g/mol. The number of aromatic nitrogens is 4. The van der Waals surface area contributed by atoms with Gasteiger partial charge in [0.1, 0.15) is 30.1 Å². The number of carboxylic acid groups (broad SMARTS) is 1. The average molecular weight is 483 g/mol. The van der Waals surface area contributed by atoms with Gasteiger partial charge in [-0.25, -0.2) is 23.2 Å². The van der Waals surface area contributed by atoms with E-state index >= 15 is 0 Å².